The van der Waals surface area contributed by atoms with Gasteiger partial charge in [-0.15, -0.1) is 0 Å². The molecule has 2 atom stereocenters. The van der Waals surface area contributed by atoms with E-state index in [1.54, 1.807) is 0 Å². The average molecular weight is 219 g/mol. The molecule has 0 spiro atoms. The van der Waals surface area contributed by atoms with E-state index in [2.05, 4.69) is 50.4 Å². The van der Waals surface area contributed by atoms with E-state index in [1.807, 2.05) is 0 Å². The van der Waals surface area contributed by atoms with Crippen molar-refractivity contribution in [1.82, 2.24) is 0 Å². The molecule has 0 aromatic heterocycles. The number of aryl methyl sites for hydroxylation is 1. The highest BCUT2D eigenvalue weighted by Crippen LogP contribution is 2.22. The Kier molecular flexibility index (Phi) is 3.49. The minimum atomic E-state index is 0.367. The molecule has 1 fully saturated rings. The van der Waals surface area contributed by atoms with Gasteiger partial charge in [0, 0.05) is 11.7 Å². The van der Waals surface area contributed by atoms with Crippen LogP contribution in [0.2, 0.25) is 0 Å². The third kappa shape index (κ3) is 2.99. The Morgan fingerprint density at radius 1 is 1.19 bits per heavy atom. The van der Waals surface area contributed by atoms with Crippen LogP contribution in [-0.4, -0.2) is 18.2 Å². The summed E-state index contributed by atoms with van der Waals surface area (Å²) in [4.78, 5) is 0. The molecule has 0 bridgehead atoms. The van der Waals surface area contributed by atoms with Crippen LogP contribution < -0.4 is 5.32 Å². The second-order valence-corrected chi connectivity index (χ2v) is 4.94. The predicted molar refractivity (Wildman–Crippen MR) is 67.8 cm³/mol. The van der Waals surface area contributed by atoms with Crippen molar-refractivity contribution in [2.24, 2.45) is 0 Å². The highest BCUT2D eigenvalue weighted by Gasteiger charge is 2.23. The first-order chi connectivity index (χ1) is 7.63. The van der Waals surface area contributed by atoms with Gasteiger partial charge in [0.05, 0.1) is 12.2 Å². The maximum Gasteiger partial charge on any atom is 0.0570 e. The first-order valence-electron chi connectivity index (χ1n) is 6.12. The van der Waals surface area contributed by atoms with Gasteiger partial charge < -0.3 is 10.1 Å². The van der Waals surface area contributed by atoms with Gasteiger partial charge in [0.25, 0.3) is 0 Å². The Bertz CT molecular complexity index is 340. The van der Waals surface area contributed by atoms with Crippen LogP contribution in [0.15, 0.2) is 24.3 Å². The molecule has 1 saturated heterocycles. The monoisotopic (exact) mass is 219 g/mol. The second-order valence-electron chi connectivity index (χ2n) is 4.94. The number of benzene rings is 1. The minimum Gasteiger partial charge on any atom is -0.382 e. The summed E-state index contributed by atoms with van der Waals surface area (Å²) in [5.41, 5.74) is 2.53. The first kappa shape index (κ1) is 11.5. The van der Waals surface area contributed by atoms with Crippen LogP contribution in [0.3, 0.4) is 0 Å². The van der Waals surface area contributed by atoms with E-state index in [0.29, 0.717) is 18.2 Å². The van der Waals surface area contributed by atoms with Crippen molar-refractivity contribution in [3.63, 3.8) is 0 Å². The van der Waals surface area contributed by atoms with Gasteiger partial charge >= 0.3 is 0 Å². The molecule has 1 heterocycles. The molecule has 1 aromatic carbocycles. The van der Waals surface area contributed by atoms with Crippen molar-refractivity contribution in [3.8, 4) is 0 Å². The standard InChI is InChI=1S/C14H21NO/c1-10-5-4-6-13(7-10)15-14-8-11(2)16-12(3)9-14/h4-7,11-12,14-15H,8-9H2,1-3H3. The second kappa shape index (κ2) is 4.88. The molecule has 1 N–H and O–H groups in total. The van der Waals surface area contributed by atoms with E-state index in [-0.39, 0.29) is 0 Å². The molecule has 2 heteroatoms. The van der Waals surface area contributed by atoms with Crippen LogP contribution in [0.4, 0.5) is 5.69 Å². The smallest absolute Gasteiger partial charge is 0.0570 e. The van der Waals surface area contributed by atoms with Crippen molar-refractivity contribution >= 4 is 5.69 Å². The topological polar surface area (TPSA) is 21.3 Å². The summed E-state index contributed by atoms with van der Waals surface area (Å²) in [6.07, 6.45) is 2.92. The Hall–Kier alpha value is -1.02. The van der Waals surface area contributed by atoms with Gasteiger partial charge in [-0.1, -0.05) is 12.1 Å². The first-order valence-corrected chi connectivity index (χ1v) is 6.12. The number of rotatable bonds is 2. The van der Waals surface area contributed by atoms with Crippen LogP contribution in [-0.2, 0) is 4.74 Å². The largest absolute Gasteiger partial charge is 0.382 e. The van der Waals surface area contributed by atoms with Gasteiger partial charge in [0.1, 0.15) is 0 Å². The summed E-state index contributed by atoms with van der Waals surface area (Å²) in [6.45, 7) is 6.43. The zero-order chi connectivity index (χ0) is 11.5. The van der Waals surface area contributed by atoms with Crippen LogP contribution in [0, 0.1) is 6.92 Å². The number of ether oxygens (including phenoxy) is 1. The van der Waals surface area contributed by atoms with Crippen molar-refractivity contribution in [1.29, 1.82) is 0 Å². The molecule has 2 rings (SSSR count). The summed E-state index contributed by atoms with van der Waals surface area (Å²) in [6, 6.07) is 9.10. The van der Waals surface area contributed by atoms with E-state index >= 15 is 0 Å². The van der Waals surface area contributed by atoms with Gasteiger partial charge in [-0.25, -0.2) is 0 Å². The van der Waals surface area contributed by atoms with E-state index in [4.69, 9.17) is 4.74 Å². The van der Waals surface area contributed by atoms with Gasteiger partial charge in [-0.3, -0.25) is 0 Å². The van der Waals surface area contributed by atoms with Gasteiger partial charge in [0.15, 0.2) is 0 Å². The molecule has 1 aliphatic heterocycles. The maximum absolute atomic E-state index is 5.74. The molecule has 0 amide bonds. The van der Waals surface area contributed by atoms with Crippen LogP contribution in [0.25, 0.3) is 0 Å². The highest BCUT2D eigenvalue weighted by atomic mass is 16.5. The Labute approximate surface area is 98.0 Å². The van der Waals surface area contributed by atoms with E-state index in [0.717, 1.165) is 12.8 Å². The quantitative estimate of drug-likeness (QED) is 0.823. The van der Waals surface area contributed by atoms with Gasteiger partial charge in [0.2, 0.25) is 0 Å². The molecule has 1 aromatic rings. The summed E-state index contributed by atoms with van der Waals surface area (Å²) in [7, 11) is 0. The number of hydrogen-bond acceptors (Lipinski definition) is 2. The van der Waals surface area contributed by atoms with Crippen molar-refractivity contribution in [2.45, 2.75) is 51.9 Å². The normalized spacial score (nSPS) is 30.1. The Morgan fingerprint density at radius 3 is 2.50 bits per heavy atom. The number of nitrogens with one attached hydrogen (secondary N) is 1. The van der Waals surface area contributed by atoms with Crippen molar-refractivity contribution in [3.05, 3.63) is 29.8 Å². The van der Waals surface area contributed by atoms with E-state index in [1.165, 1.54) is 11.3 Å². The molecular weight excluding hydrogens is 198 g/mol. The lowest BCUT2D eigenvalue weighted by Gasteiger charge is -2.33. The minimum absolute atomic E-state index is 0.367. The molecule has 2 nitrogen and oxygen atoms in total. The van der Waals surface area contributed by atoms with E-state index < -0.39 is 0 Å². The fourth-order valence-corrected chi connectivity index (χ4v) is 2.49. The van der Waals surface area contributed by atoms with Crippen molar-refractivity contribution in [2.75, 3.05) is 5.32 Å². The predicted octanol–water partition coefficient (Wildman–Crippen LogP) is 3.36. The molecular formula is C14H21NO. The average Bonchev–Trinajstić information content (AvgIpc) is 2.15. The molecule has 88 valence electrons. The van der Waals surface area contributed by atoms with Gasteiger partial charge in [-0.2, -0.15) is 0 Å². The fourth-order valence-electron chi connectivity index (χ4n) is 2.49. The lowest BCUT2D eigenvalue weighted by Crippen LogP contribution is -2.36. The number of hydrogen-bond donors (Lipinski definition) is 1. The van der Waals surface area contributed by atoms with Gasteiger partial charge in [-0.05, 0) is 51.3 Å². The summed E-state index contributed by atoms with van der Waals surface area (Å²) < 4.78 is 5.74. The maximum atomic E-state index is 5.74. The summed E-state index contributed by atoms with van der Waals surface area (Å²) in [5.74, 6) is 0. The lowest BCUT2D eigenvalue weighted by atomic mass is 9.99. The third-order valence-corrected chi connectivity index (χ3v) is 3.09. The SMILES string of the molecule is Cc1cccc(NC2CC(C)OC(C)C2)c1. The summed E-state index contributed by atoms with van der Waals surface area (Å²) >= 11 is 0. The Balaban J connectivity index is 1.98. The Morgan fingerprint density at radius 2 is 1.88 bits per heavy atom. The zero-order valence-electron chi connectivity index (χ0n) is 10.4. The third-order valence-electron chi connectivity index (χ3n) is 3.09. The molecule has 0 saturated carbocycles. The summed E-state index contributed by atoms with van der Waals surface area (Å²) in [5, 5.41) is 3.60. The molecule has 16 heavy (non-hydrogen) atoms. The molecule has 1 aliphatic rings. The molecule has 0 aliphatic carbocycles. The van der Waals surface area contributed by atoms with Crippen LogP contribution in [0.1, 0.15) is 32.3 Å². The van der Waals surface area contributed by atoms with Crippen LogP contribution >= 0.6 is 0 Å². The molecule has 2 unspecified atom stereocenters. The zero-order valence-corrected chi connectivity index (χ0v) is 10.4. The fraction of sp³-hybridized carbons (Fsp3) is 0.571. The van der Waals surface area contributed by atoms with Crippen LogP contribution in [0.5, 0.6) is 0 Å². The molecule has 0 radical (unpaired) electrons. The highest BCUT2D eigenvalue weighted by molar-refractivity contribution is 5.46. The number of anilines is 1. The van der Waals surface area contributed by atoms with Crippen molar-refractivity contribution < 1.29 is 4.74 Å². The van der Waals surface area contributed by atoms with E-state index in [9.17, 15) is 0 Å². The lowest BCUT2D eigenvalue weighted by molar-refractivity contribution is -0.0337.